The molecule has 0 amide bonds. The SMILES string of the molecule is OCCCCCCCCCCCC(O)c1ccccc1. The molecule has 0 bridgehead atoms. The zero-order chi connectivity index (χ0) is 14.5. The van der Waals surface area contributed by atoms with Crippen molar-refractivity contribution < 1.29 is 10.2 Å². The highest BCUT2D eigenvalue weighted by Gasteiger charge is 2.05. The van der Waals surface area contributed by atoms with E-state index in [0.29, 0.717) is 6.61 Å². The van der Waals surface area contributed by atoms with Crippen molar-refractivity contribution >= 4 is 0 Å². The van der Waals surface area contributed by atoms with Crippen LogP contribution in [0.2, 0.25) is 0 Å². The van der Waals surface area contributed by atoms with Crippen molar-refractivity contribution in [3.8, 4) is 0 Å². The molecule has 0 aliphatic carbocycles. The third-order valence-corrected chi connectivity index (χ3v) is 3.82. The normalized spacial score (nSPS) is 12.5. The summed E-state index contributed by atoms with van der Waals surface area (Å²) in [4.78, 5) is 0. The topological polar surface area (TPSA) is 40.5 Å². The predicted octanol–water partition coefficient (Wildman–Crippen LogP) is 4.61. The molecular formula is C18H30O2. The minimum atomic E-state index is -0.297. The summed E-state index contributed by atoms with van der Waals surface area (Å²) in [6.45, 7) is 0.337. The second-order valence-corrected chi connectivity index (χ2v) is 5.62. The van der Waals surface area contributed by atoms with E-state index in [4.69, 9.17) is 5.11 Å². The van der Waals surface area contributed by atoms with E-state index in [1.165, 1.54) is 44.9 Å². The molecule has 1 atom stereocenters. The van der Waals surface area contributed by atoms with Gasteiger partial charge in [-0.3, -0.25) is 0 Å². The van der Waals surface area contributed by atoms with Gasteiger partial charge in [0.25, 0.3) is 0 Å². The van der Waals surface area contributed by atoms with Crippen molar-refractivity contribution in [2.24, 2.45) is 0 Å². The van der Waals surface area contributed by atoms with Crippen molar-refractivity contribution in [2.75, 3.05) is 6.61 Å². The number of hydrogen-bond donors (Lipinski definition) is 2. The largest absolute Gasteiger partial charge is 0.396 e. The first-order valence-corrected chi connectivity index (χ1v) is 8.18. The van der Waals surface area contributed by atoms with Crippen molar-refractivity contribution in [3.05, 3.63) is 35.9 Å². The molecule has 1 aromatic carbocycles. The van der Waals surface area contributed by atoms with E-state index in [-0.39, 0.29) is 6.10 Å². The Hall–Kier alpha value is -0.860. The van der Waals surface area contributed by atoms with Crippen LogP contribution in [0.4, 0.5) is 0 Å². The lowest BCUT2D eigenvalue weighted by Crippen LogP contribution is -1.96. The number of benzene rings is 1. The lowest BCUT2D eigenvalue weighted by atomic mass is 10.0. The molecule has 0 fully saturated rings. The molecule has 1 unspecified atom stereocenters. The van der Waals surface area contributed by atoms with Gasteiger partial charge in [-0.25, -0.2) is 0 Å². The van der Waals surface area contributed by atoms with Gasteiger partial charge in [-0.2, -0.15) is 0 Å². The van der Waals surface area contributed by atoms with Crippen molar-refractivity contribution in [1.29, 1.82) is 0 Å². The number of rotatable bonds is 12. The highest BCUT2D eigenvalue weighted by atomic mass is 16.3. The van der Waals surface area contributed by atoms with Crippen LogP contribution in [0.25, 0.3) is 0 Å². The maximum atomic E-state index is 10.0. The van der Waals surface area contributed by atoms with E-state index < -0.39 is 0 Å². The van der Waals surface area contributed by atoms with E-state index in [1.54, 1.807) is 0 Å². The number of aliphatic hydroxyl groups excluding tert-OH is 2. The van der Waals surface area contributed by atoms with E-state index in [2.05, 4.69) is 0 Å². The molecule has 2 heteroatoms. The minimum Gasteiger partial charge on any atom is -0.396 e. The molecule has 0 heterocycles. The fraction of sp³-hybridized carbons (Fsp3) is 0.667. The molecule has 0 spiro atoms. The van der Waals surface area contributed by atoms with Crippen LogP contribution >= 0.6 is 0 Å². The Morgan fingerprint density at radius 1 is 0.700 bits per heavy atom. The first kappa shape index (κ1) is 17.2. The number of hydrogen-bond acceptors (Lipinski definition) is 2. The maximum absolute atomic E-state index is 10.0. The Labute approximate surface area is 123 Å². The molecule has 0 saturated heterocycles. The summed E-state index contributed by atoms with van der Waals surface area (Å²) in [5.74, 6) is 0. The van der Waals surface area contributed by atoms with Crippen LogP contribution in [-0.4, -0.2) is 16.8 Å². The highest BCUT2D eigenvalue weighted by molar-refractivity contribution is 5.16. The van der Waals surface area contributed by atoms with Crippen molar-refractivity contribution in [2.45, 2.75) is 70.3 Å². The van der Waals surface area contributed by atoms with Gasteiger partial charge < -0.3 is 10.2 Å². The van der Waals surface area contributed by atoms with Gasteiger partial charge in [0, 0.05) is 6.61 Å². The fourth-order valence-corrected chi connectivity index (χ4v) is 2.53. The Morgan fingerprint density at radius 3 is 1.75 bits per heavy atom. The number of unbranched alkanes of at least 4 members (excludes halogenated alkanes) is 8. The Balaban J connectivity index is 1.90. The van der Waals surface area contributed by atoms with E-state index in [0.717, 1.165) is 24.8 Å². The lowest BCUT2D eigenvalue weighted by molar-refractivity contribution is 0.163. The molecule has 1 rings (SSSR count). The third kappa shape index (κ3) is 8.34. The van der Waals surface area contributed by atoms with Gasteiger partial charge >= 0.3 is 0 Å². The van der Waals surface area contributed by atoms with Crippen molar-refractivity contribution in [1.82, 2.24) is 0 Å². The Bertz CT molecular complexity index is 310. The summed E-state index contributed by atoms with van der Waals surface area (Å²) < 4.78 is 0. The monoisotopic (exact) mass is 278 g/mol. The summed E-state index contributed by atoms with van der Waals surface area (Å²) in [5, 5.41) is 18.7. The molecule has 0 radical (unpaired) electrons. The Morgan fingerprint density at radius 2 is 1.20 bits per heavy atom. The maximum Gasteiger partial charge on any atom is 0.0790 e. The van der Waals surface area contributed by atoms with Gasteiger partial charge in [-0.1, -0.05) is 81.7 Å². The predicted molar refractivity (Wildman–Crippen MR) is 84.7 cm³/mol. The summed E-state index contributed by atoms with van der Waals surface area (Å²) >= 11 is 0. The van der Waals surface area contributed by atoms with Crippen LogP contribution in [0.15, 0.2) is 30.3 Å². The molecule has 2 N–H and O–H groups in total. The quantitative estimate of drug-likeness (QED) is 0.548. The van der Waals surface area contributed by atoms with E-state index in [1.807, 2.05) is 30.3 Å². The molecule has 114 valence electrons. The summed E-state index contributed by atoms with van der Waals surface area (Å²) in [7, 11) is 0. The van der Waals surface area contributed by atoms with Crippen LogP contribution in [0.3, 0.4) is 0 Å². The van der Waals surface area contributed by atoms with Crippen LogP contribution < -0.4 is 0 Å². The lowest BCUT2D eigenvalue weighted by Gasteiger charge is -2.10. The first-order valence-electron chi connectivity index (χ1n) is 8.18. The summed E-state index contributed by atoms with van der Waals surface area (Å²) in [6.07, 6.45) is 11.5. The third-order valence-electron chi connectivity index (χ3n) is 3.82. The molecule has 0 saturated carbocycles. The standard InChI is InChI=1S/C18H30O2/c19-16-12-7-5-3-1-2-4-6-11-15-18(20)17-13-9-8-10-14-17/h8-10,13-14,18-20H,1-7,11-12,15-16H2. The van der Waals surface area contributed by atoms with Gasteiger partial charge in [0.2, 0.25) is 0 Å². The van der Waals surface area contributed by atoms with E-state index in [9.17, 15) is 5.11 Å². The van der Waals surface area contributed by atoms with Gasteiger partial charge in [-0.15, -0.1) is 0 Å². The molecule has 2 nitrogen and oxygen atoms in total. The average Bonchev–Trinajstić information content (AvgIpc) is 2.50. The number of aliphatic hydroxyl groups is 2. The molecule has 1 aromatic rings. The van der Waals surface area contributed by atoms with Crippen molar-refractivity contribution in [3.63, 3.8) is 0 Å². The van der Waals surface area contributed by atoms with E-state index >= 15 is 0 Å². The molecule has 0 aliphatic heterocycles. The van der Waals surface area contributed by atoms with Gasteiger partial charge in [0.1, 0.15) is 0 Å². The second-order valence-electron chi connectivity index (χ2n) is 5.62. The van der Waals surface area contributed by atoms with Crippen LogP contribution in [0, 0.1) is 0 Å². The molecule has 0 aliphatic rings. The van der Waals surface area contributed by atoms with Gasteiger partial charge in [-0.05, 0) is 18.4 Å². The van der Waals surface area contributed by atoms with Gasteiger partial charge in [0.15, 0.2) is 0 Å². The smallest absolute Gasteiger partial charge is 0.0790 e. The first-order chi connectivity index (χ1) is 9.84. The Kier molecular flexibility index (Phi) is 10.3. The second kappa shape index (κ2) is 11.9. The minimum absolute atomic E-state index is 0.297. The fourth-order valence-electron chi connectivity index (χ4n) is 2.53. The zero-order valence-corrected chi connectivity index (χ0v) is 12.6. The van der Waals surface area contributed by atoms with Gasteiger partial charge in [0.05, 0.1) is 6.10 Å². The zero-order valence-electron chi connectivity index (χ0n) is 12.6. The summed E-state index contributed by atoms with van der Waals surface area (Å²) in [5.41, 5.74) is 1.04. The van der Waals surface area contributed by atoms with Crippen LogP contribution in [0.5, 0.6) is 0 Å². The molecule has 0 aromatic heterocycles. The molecule has 20 heavy (non-hydrogen) atoms. The van der Waals surface area contributed by atoms with Crippen LogP contribution in [-0.2, 0) is 0 Å². The summed E-state index contributed by atoms with van der Waals surface area (Å²) in [6, 6.07) is 9.94. The molecular weight excluding hydrogens is 248 g/mol. The van der Waals surface area contributed by atoms with Crippen LogP contribution in [0.1, 0.15) is 75.9 Å². The average molecular weight is 278 g/mol. The highest BCUT2D eigenvalue weighted by Crippen LogP contribution is 2.19.